The summed E-state index contributed by atoms with van der Waals surface area (Å²) in [7, 11) is 0. The van der Waals surface area contributed by atoms with E-state index in [4.69, 9.17) is 16.0 Å². The quantitative estimate of drug-likeness (QED) is 0.467. The summed E-state index contributed by atoms with van der Waals surface area (Å²) in [6.07, 6.45) is 5.06. The van der Waals surface area contributed by atoms with Gasteiger partial charge in [0.25, 0.3) is 0 Å². The van der Waals surface area contributed by atoms with Crippen LogP contribution in [0.4, 0.5) is 5.82 Å². The number of nitrogens with one attached hydrogen (secondary N) is 1. The average Bonchev–Trinajstić information content (AvgIpc) is 3.24. The number of rotatable bonds is 4. The van der Waals surface area contributed by atoms with Crippen LogP contribution in [0.2, 0.25) is 5.02 Å². The summed E-state index contributed by atoms with van der Waals surface area (Å²) in [4.78, 5) is 21.4. The van der Waals surface area contributed by atoms with Gasteiger partial charge in [-0.1, -0.05) is 35.9 Å². The van der Waals surface area contributed by atoms with Crippen LogP contribution in [0.3, 0.4) is 0 Å². The second-order valence-electron chi connectivity index (χ2n) is 6.54. The normalized spacial score (nSPS) is 11.2. The monoisotopic (exact) mass is 402 g/mol. The molecule has 0 radical (unpaired) electrons. The van der Waals surface area contributed by atoms with Gasteiger partial charge in [0, 0.05) is 24.3 Å². The van der Waals surface area contributed by atoms with Gasteiger partial charge in [0.1, 0.15) is 11.4 Å². The van der Waals surface area contributed by atoms with Crippen molar-refractivity contribution in [1.29, 1.82) is 0 Å². The van der Waals surface area contributed by atoms with Crippen molar-refractivity contribution >= 4 is 39.3 Å². The highest BCUT2D eigenvalue weighted by Crippen LogP contribution is 2.35. The third kappa shape index (κ3) is 3.03. The van der Waals surface area contributed by atoms with E-state index in [1.54, 1.807) is 35.4 Å². The minimum Gasteiger partial charge on any atom is -0.463 e. The van der Waals surface area contributed by atoms with Crippen LogP contribution in [0.1, 0.15) is 5.56 Å². The fourth-order valence-corrected chi connectivity index (χ4v) is 3.68. The smallest absolute Gasteiger partial charge is 0.354 e. The first-order chi connectivity index (χ1) is 14.2. The van der Waals surface area contributed by atoms with Crippen LogP contribution in [0, 0.1) is 0 Å². The minimum absolute atomic E-state index is 0.403. The lowest BCUT2D eigenvalue weighted by atomic mass is 10.1. The molecule has 1 N–H and O–H groups in total. The maximum absolute atomic E-state index is 13.0. The molecule has 0 aliphatic carbocycles. The van der Waals surface area contributed by atoms with Crippen LogP contribution in [-0.2, 0) is 6.54 Å². The van der Waals surface area contributed by atoms with E-state index in [1.165, 1.54) is 0 Å². The van der Waals surface area contributed by atoms with Gasteiger partial charge in [-0.15, -0.1) is 0 Å². The van der Waals surface area contributed by atoms with E-state index in [2.05, 4.69) is 15.3 Å². The van der Waals surface area contributed by atoms with Crippen LogP contribution in [0.5, 0.6) is 0 Å². The number of hydrogen-bond acceptors (Lipinski definition) is 5. The molecule has 6 nitrogen and oxygen atoms in total. The number of halogens is 1. The first-order valence-corrected chi connectivity index (χ1v) is 9.41. The van der Waals surface area contributed by atoms with E-state index in [9.17, 15) is 4.79 Å². The predicted octanol–water partition coefficient (Wildman–Crippen LogP) is 4.79. The number of pyridine rings is 1. The summed E-state index contributed by atoms with van der Waals surface area (Å²) in [6.45, 7) is 0.468. The zero-order chi connectivity index (χ0) is 19.8. The lowest BCUT2D eigenvalue weighted by Crippen LogP contribution is -2.23. The van der Waals surface area contributed by atoms with Gasteiger partial charge in [0.05, 0.1) is 27.9 Å². The molecule has 0 aliphatic heterocycles. The summed E-state index contributed by atoms with van der Waals surface area (Å²) in [6, 6.07) is 16.7. The summed E-state index contributed by atoms with van der Waals surface area (Å²) < 4.78 is 7.28. The number of furan rings is 1. The molecule has 0 spiro atoms. The van der Waals surface area contributed by atoms with Crippen molar-refractivity contribution in [1.82, 2.24) is 14.5 Å². The van der Waals surface area contributed by atoms with E-state index >= 15 is 0 Å². The van der Waals surface area contributed by atoms with Crippen LogP contribution in [0.15, 0.2) is 82.5 Å². The predicted molar refractivity (Wildman–Crippen MR) is 114 cm³/mol. The maximum atomic E-state index is 13.0. The minimum atomic E-state index is -0.403. The van der Waals surface area contributed by atoms with Gasteiger partial charge in [-0.25, -0.2) is 4.79 Å². The molecule has 0 amide bonds. The van der Waals surface area contributed by atoms with Crippen LogP contribution < -0.4 is 11.0 Å². The van der Waals surface area contributed by atoms with Crippen molar-refractivity contribution in [2.75, 3.05) is 5.32 Å². The second kappa shape index (κ2) is 7.07. The largest absolute Gasteiger partial charge is 0.463 e. The fourth-order valence-electron chi connectivity index (χ4n) is 3.43. The Morgan fingerprint density at radius 1 is 1.10 bits per heavy atom. The third-order valence-electron chi connectivity index (χ3n) is 4.74. The Balaban J connectivity index is 1.78. The van der Waals surface area contributed by atoms with Crippen molar-refractivity contribution in [2.45, 2.75) is 6.54 Å². The van der Waals surface area contributed by atoms with Crippen molar-refractivity contribution in [3.8, 4) is 5.69 Å². The highest BCUT2D eigenvalue weighted by molar-refractivity contribution is 6.37. The Kier molecular flexibility index (Phi) is 4.26. The molecule has 0 bridgehead atoms. The molecule has 0 saturated heterocycles. The van der Waals surface area contributed by atoms with Gasteiger partial charge >= 0.3 is 5.69 Å². The summed E-state index contributed by atoms with van der Waals surface area (Å²) >= 11 is 6.49. The van der Waals surface area contributed by atoms with E-state index in [0.29, 0.717) is 39.6 Å². The molecular formula is C22H15ClN4O2. The SMILES string of the molecule is O=c1nc(NCc2cccnc2)c2c3occc3c(Cl)cc2n1-c1ccccc1. The Morgan fingerprint density at radius 3 is 2.76 bits per heavy atom. The Bertz CT molecular complexity index is 1380. The number of aromatic nitrogens is 3. The zero-order valence-electron chi connectivity index (χ0n) is 15.2. The van der Waals surface area contributed by atoms with E-state index in [-0.39, 0.29) is 0 Å². The molecule has 0 fully saturated rings. The highest BCUT2D eigenvalue weighted by Gasteiger charge is 2.18. The van der Waals surface area contributed by atoms with Gasteiger partial charge in [-0.2, -0.15) is 4.98 Å². The fraction of sp³-hybridized carbons (Fsp3) is 0.0455. The van der Waals surface area contributed by atoms with E-state index < -0.39 is 5.69 Å². The zero-order valence-corrected chi connectivity index (χ0v) is 15.9. The molecule has 7 heteroatoms. The first kappa shape index (κ1) is 17.5. The summed E-state index contributed by atoms with van der Waals surface area (Å²) in [5.41, 5.74) is 2.48. The topological polar surface area (TPSA) is 73.0 Å². The lowest BCUT2D eigenvalue weighted by Gasteiger charge is -2.14. The average molecular weight is 403 g/mol. The lowest BCUT2D eigenvalue weighted by molar-refractivity contribution is 0.619. The van der Waals surface area contributed by atoms with Gasteiger partial charge in [0.2, 0.25) is 0 Å². The number of nitrogens with zero attached hydrogens (tertiary/aromatic N) is 3. The molecule has 0 aliphatic rings. The molecule has 5 aromatic rings. The van der Waals surface area contributed by atoms with Crippen molar-refractivity contribution in [3.05, 3.63) is 94.3 Å². The van der Waals surface area contributed by atoms with E-state index in [1.807, 2.05) is 42.5 Å². The van der Waals surface area contributed by atoms with Crippen molar-refractivity contribution < 1.29 is 4.42 Å². The van der Waals surface area contributed by atoms with Crippen molar-refractivity contribution in [3.63, 3.8) is 0 Å². The Labute approximate surface area is 170 Å². The van der Waals surface area contributed by atoms with Crippen LogP contribution in [-0.4, -0.2) is 14.5 Å². The molecule has 0 atom stereocenters. The Hall–Kier alpha value is -3.64. The molecule has 142 valence electrons. The van der Waals surface area contributed by atoms with Gasteiger partial charge in [-0.05, 0) is 35.9 Å². The Morgan fingerprint density at radius 2 is 1.97 bits per heavy atom. The summed E-state index contributed by atoms with van der Waals surface area (Å²) in [5, 5.41) is 5.23. The van der Waals surface area contributed by atoms with E-state index in [0.717, 1.165) is 10.9 Å². The summed E-state index contributed by atoms with van der Waals surface area (Å²) in [5.74, 6) is 0.442. The molecular weight excluding hydrogens is 388 g/mol. The molecule has 2 aromatic carbocycles. The van der Waals surface area contributed by atoms with Gasteiger partial charge in [0.15, 0.2) is 0 Å². The number of anilines is 1. The van der Waals surface area contributed by atoms with Crippen molar-refractivity contribution in [2.24, 2.45) is 0 Å². The molecule has 0 saturated carbocycles. The standard InChI is InChI=1S/C22H15ClN4O2/c23-17-11-18-19(20-16(17)8-10-29-20)21(25-13-14-5-4-9-24-12-14)26-22(28)27(18)15-6-2-1-3-7-15/h1-12H,13H2,(H,25,26,28). The molecule has 0 unspecified atom stereocenters. The number of para-hydroxylation sites is 1. The second-order valence-corrected chi connectivity index (χ2v) is 6.95. The maximum Gasteiger partial charge on any atom is 0.354 e. The first-order valence-electron chi connectivity index (χ1n) is 9.03. The molecule has 3 aromatic heterocycles. The van der Waals surface area contributed by atoms with Gasteiger partial charge < -0.3 is 9.73 Å². The molecule has 29 heavy (non-hydrogen) atoms. The van der Waals surface area contributed by atoms with Gasteiger partial charge in [-0.3, -0.25) is 9.55 Å². The third-order valence-corrected chi connectivity index (χ3v) is 5.06. The number of hydrogen-bond donors (Lipinski definition) is 1. The number of benzene rings is 2. The molecule has 3 heterocycles. The van der Waals surface area contributed by atoms with Crippen LogP contribution in [0.25, 0.3) is 27.6 Å². The van der Waals surface area contributed by atoms with Crippen LogP contribution >= 0.6 is 11.6 Å². The number of fused-ring (bicyclic) bond motifs is 3. The molecule has 5 rings (SSSR count). The highest BCUT2D eigenvalue weighted by atomic mass is 35.5.